The summed E-state index contributed by atoms with van der Waals surface area (Å²) in [6.45, 7) is 4.20. The van der Waals surface area contributed by atoms with E-state index >= 15 is 0 Å². The van der Waals surface area contributed by atoms with E-state index in [4.69, 9.17) is 4.74 Å². The number of hydrogen-bond acceptors (Lipinski definition) is 4. The number of carboxylic acids is 1. The number of carbonyl (C=O) groups excluding carboxylic acids is 2. The third kappa shape index (κ3) is 5.84. The number of aryl methyl sites for hydroxylation is 1. The summed E-state index contributed by atoms with van der Waals surface area (Å²) < 4.78 is 5.30. The van der Waals surface area contributed by atoms with Crippen molar-refractivity contribution >= 4 is 17.8 Å². The summed E-state index contributed by atoms with van der Waals surface area (Å²) in [6, 6.07) is 7.14. The van der Waals surface area contributed by atoms with Crippen molar-refractivity contribution in [3.63, 3.8) is 0 Å². The van der Waals surface area contributed by atoms with Crippen LogP contribution in [0, 0.1) is 6.92 Å². The van der Waals surface area contributed by atoms with Crippen molar-refractivity contribution in [1.29, 1.82) is 0 Å². The Balaban J connectivity index is 2.10. The SMILES string of the molecule is CC(=O)NC(CC(=O)NC1(CC(=O)O)CCOCC1)c1ccc(C)cc1. The Kier molecular flexibility index (Phi) is 6.74. The molecular formula is C19H26N2O5. The highest BCUT2D eigenvalue weighted by Gasteiger charge is 2.36. The van der Waals surface area contributed by atoms with Gasteiger partial charge in [-0.25, -0.2) is 0 Å². The second kappa shape index (κ2) is 8.80. The number of carboxylic acid groups (broad SMARTS) is 1. The van der Waals surface area contributed by atoms with Crippen LogP contribution in [0.1, 0.15) is 49.8 Å². The fourth-order valence-corrected chi connectivity index (χ4v) is 3.23. The van der Waals surface area contributed by atoms with E-state index in [0.717, 1.165) is 11.1 Å². The zero-order valence-corrected chi connectivity index (χ0v) is 15.2. The summed E-state index contributed by atoms with van der Waals surface area (Å²) in [4.78, 5) is 35.4. The molecule has 3 N–H and O–H groups in total. The van der Waals surface area contributed by atoms with Crippen molar-refractivity contribution in [2.75, 3.05) is 13.2 Å². The quantitative estimate of drug-likeness (QED) is 0.685. The highest BCUT2D eigenvalue weighted by molar-refractivity contribution is 5.80. The molecule has 1 aliphatic heterocycles. The minimum absolute atomic E-state index is 0.0465. The molecule has 1 aliphatic rings. The van der Waals surface area contributed by atoms with Gasteiger partial charge in [0.2, 0.25) is 11.8 Å². The van der Waals surface area contributed by atoms with E-state index in [2.05, 4.69) is 10.6 Å². The van der Waals surface area contributed by atoms with Crippen LogP contribution in [0.15, 0.2) is 24.3 Å². The number of ether oxygens (including phenoxy) is 1. The minimum Gasteiger partial charge on any atom is -0.481 e. The van der Waals surface area contributed by atoms with Crippen LogP contribution in [-0.2, 0) is 19.1 Å². The van der Waals surface area contributed by atoms with E-state index in [1.165, 1.54) is 6.92 Å². The standard InChI is InChI=1S/C19H26N2O5/c1-13-3-5-15(6-4-13)16(20-14(2)22)11-17(23)21-19(12-18(24)25)7-9-26-10-8-19/h3-6,16H,7-12H2,1-2H3,(H,20,22)(H,21,23)(H,24,25). The van der Waals surface area contributed by atoms with E-state index in [-0.39, 0.29) is 24.7 Å². The maximum atomic E-state index is 12.6. The van der Waals surface area contributed by atoms with Crippen LogP contribution >= 0.6 is 0 Å². The van der Waals surface area contributed by atoms with E-state index in [9.17, 15) is 19.5 Å². The van der Waals surface area contributed by atoms with Gasteiger partial charge >= 0.3 is 5.97 Å². The number of hydrogen-bond donors (Lipinski definition) is 3. The van der Waals surface area contributed by atoms with Gasteiger partial charge in [0, 0.05) is 20.1 Å². The molecule has 0 aromatic heterocycles. The molecule has 0 saturated carbocycles. The number of rotatable bonds is 7. The Morgan fingerprint density at radius 3 is 2.35 bits per heavy atom. The molecule has 1 unspecified atom stereocenters. The molecule has 7 nitrogen and oxygen atoms in total. The summed E-state index contributed by atoms with van der Waals surface area (Å²) in [6.07, 6.45) is 0.822. The molecule has 2 rings (SSSR count). The zero-order valence-electron chi connectivity index (χ0n) is 15.2. The summed E-state index contributed by atoms with van der Waals surface area (Å²) in [5, 5.41) is 14.9. The van der Waals surface area contributed by atoms with E-state index < -0.39 is 17.6 Å². The minimum atomic E-state index is -0.954. The fourth-order valence-electron chi connectivity index (χ4n) is 3.23. The molecule has 2 amide bonds. The van der Waals surface area contributed by atoms with Crippen LogP contribution in [0.2, 0.25) is 0 Å². The van der Waals surface area contributed by atoms with Crippen molar-refractivity contribution in [2.24, 2.45) is 0 Å². The molecule has 26 heavy (non-hydrogen) atoms. The maximum Gasteiger partial charge on any atom is 0.305 e. The summed E-state index contributed by atoms with van der Waals surface area (Å²) in [5.41, 5.74) is 1.12. The molecule has 7 heteroatoms. The molecule has 1 aromatic carbocycles. The predicted octanol–water partition coefficient (Wildman–Crippen LogP) is 1.70. The molecule has 0 aliphatic carbocycles. The Hall–Kier alpha value is -2.41. The Morgan fingerprint density at radius 2 is 1.81 bits per heavy atom. The van der Waals surface area contributed by atoms with Gasteiger partial charge in [-0.05, 0) is 25.3 Å². The highest BCUT2D eigenvalue weighted by Crippen LogP contribution is 2.26. The number of benzene rings is 1. The predicted molar refractivity (Wildman–Crippen MR) is 95.5 cm³/mol. The first-order valence-corrected chi connectivity index (χ1v) is 8.74. The molecule has 0 bridgehead atoms. The average molecular weight is 362 g/mol. The third-order valence-corrected chi connectivity index (χ3v) is 4.59. The highest BCUT2D eigenvalue weighted by atomic mass is 16.5. The van der Waals surface area contributed by atoms with Gasteiger partial charge in [-0.2, -0.15) is 0 Å². The van der Waals surface area contributed by atoms with Crippen LogP contribution in [0.5, 0.6) is 0 Å². The Bertz CT molecular complexity index is 650. The van der Waals surface area contributed by atoms with Crippen molar-refractivity contribution in [3.05, 3.63) is 35.4 Å². The monoisotopic (exact) mass is 362 g/mol. The van der Waals surface area contributed by atoms with Crippen molar-refractivity contribution in [3.8, 4) is 0 Å². The number of carbonyl (C=O) groups is 3. The normalized spacial score (nSPS) is 17.2. The number of amides is 2. The van der Waals surface area contributed by atoms with Gasteiger partial charge in [-0.1, -0.05) is 29.8 Å². The smallest absolute Gasteiger partial charge is 0.305 e. The summed E-state index contributed by atoms with van der Waals surface area (Å²) >= 11 is 0. The van der Waals surface area contributed by atoms with Crippen LogP contribution < -0.4 is 10.6 Å². The maximum absolute atomic E-state index is 12.6. The number of nitrogens with one attached hydrogen (secondary N) is 2. The van der Waals surface area contributed by atoms with Crippen molar-refractivity contribution in [1.82, 2.24) is 10.6 Å². The molecule has 0 spiro atoms. The number of aliphatic carboxylic acids is 1. The van der Waals surface area contributed by atoms with Crippen LogP contribution in [0.25, 0.3) is 0 Å². The molecule has 1 atom stereocenters. The molecule has 1 saturated heterocycles. The second-order valence-corrected chi connectivity index (χ2v) is 6.88. The van der Waals surface area contributed by atoms with Gasteiger partial charge in [-0.3, -0.25) is 14.4 Å². The van der Waals surface area contributed by atoms with E-state index in [1.807, 2.05) is 31.2 Å². The average Bonchev–Trinajstić information content (AvgIpc) is 2.54. The van der Waals surface area contributed by atoms with Gasteiger partial charge in [0.15, 0.2) is 0 Å². The summed E-state index contributed by atoms with van der Waals surface area (Å²) in [5.74, 6) is -1.47. The van der Waals surface area contributed by atoms with Gasteiger partial charge in [0.25, 0.3) is 0 Å². The van der Waals surface area contributed by atoms with Gasteiger partial charge < -0.3 is 20.5 Å². The largest absolute Gasteiger partial charge is 0.481 e. The molecular weight excluding hydrogens is 336 g/mol. The van der Waals surface area contributed by atoms with Gasteiger partial charge in [0.1, 0.15) is 0 Å². The van der Waals surface area contributed by atoms with Crippen LogP contribution in [0.4, 0.5) is 0 Å². The lowest BCUT2D eigenvalue weighted by molar-refractivity contribution is -0.140. The second-order valence-electron chi connectivity index (χ2n) is 6.88. The Labute approximate surface area is 153 Å². The lowest BCUT2D eigenvalue weighted by Crippen LogP contribution is -2.53. The first-order valence-electron chi connectivity index (χ1n) is 8.74. The molecule has 1 heterocycles. The summed E-state index contributed by atoms with van der Waals surface area (Å²) in [7, 11) is 0. The van der Waals surface area contributed by atoms with E-state index in [1.54, 1.807) is 0 Å². The molecule has 1 aromatic rings. The lowest BCUT2D eigenvalue weighted by atomic mass is 9.86. The van der Waals surface area contributed by atoms with E-state index in [0.29, 0.717) is 26.1 Å². The van der Waals surface area contributed by atoms with Crippen molar-refractivity contribution < 1.29 is 24.2 Å². The topological polar surface area (TPSA) is 105 Å². The zero-order chi connectivity index (χ0) is 19.2. The molecule has 142 valence electrons. The van der Waals surface area contributed by atoms with Crippen molar-refractivity contribution in [2.45, 2.75) is 51.1 Å². The first-order chi connectivity index (χ1) is 12.3. The fraction of sp³-hybridized carbons (Fsp3) is 0.526. The van der Waals surface area contributed by atoms with Crippen LogP contribution in [-0.4, -0.2) is 41.6 Å². The molecule has 1 fully saturated rings. The van der Waals surface area contributed by atoms with Gasteiger partial charge in [-0.15, -0.1) is 0 Å². The lowest BCUT2D eigenvalue weighted by Gasteiger charge is -2.37. The van der Waals surface area contributed by atoms with Crippen LogP contribution in [0.3, 0.4) is 0 Å². The third-order valence-electron chi connectivity index (χ3n) is 4.59. The Morgan fingerprint density at radius 1 is 1.19 bits per heavy atom. The van der Waals surface area contributed by atoms with Gasteiger partial charge in [0.05, 0.1) is 24.4 Å². The molecule has 0 radical (unpaired) electrons. The first kappa shape index (κ1) is 19.9.